The lowest BCUT2D eigenvalue weighted by molar-refractivity contribution is 0.101. The van der Waals surface area contributed by atoms with E-state index in [4.69, 9.17) is 11.6 Å². The number of carbonyl (C=O) groups excluding carboxylic acids is 1. The normalized spacial score (nSPS) is 10.6. The number of Topliss-reactive ketones (excluding diaryl/α,β-unsaturated/α-hetero) is 1. The molecule has 0 fully saturated rings. The summed E-state index contributed by atoms with van der Waals surface area (Å²) < 4.78 is 0. The number of H-pyrrole nitrogens is 1. The zero-order valence-electron chi connectivity index (χ0n) is 8.88. The second kappa shape index (κ2) is 4.10. The van der Waals surface area contributed by atoms with E-state index in [1.165, 1.54) is 6.92 Å². The minimum absolute atomic E-state index is 0.0493. The molecule has 2 aromatic rings. The summed E-state index contributed by atoms with van der Waals surface area (Å²) in [6.45, 7) is 5.14. The molecule has 16 heavy (non-hydrogen) atoms. The van der Waals surface area contributed by atoms with Crippen LogP contribution in [0, 0.1) is 0 Å². The number of nitrogens with one attached hydrogen (secondary N) is 1. The van der Waals surface area contributed by atoms with Gasteiger partial charge in [-0.2, -0.15) is 0 Å². The van der Waals surface area contributed by atoms with Crippen LogP contribution in [0.15, 0.2) is 24.8 Å². The predicted octanol–water partition coefficient (Wildman–Crippen LogP) is 3.15. The summed E-state index contributed by atoms with van der Waals surface area (Å²) in [6, 6.07) is 3.44. The summed E-state index contributed by atoms with van der Waals surface area (Å²) >= 11 is 5.99. The maximum atomic E-state index is 11.3. The van der Waals surface area contributed by atoms with E-state index in [0.717, 1.165) is 16.9 Å². The minimum atomic E-state index is -0.0493. The number of ketones is 1. The molecule has 0 bridgehead atoms. The lowest BCUT2D eigenvalue weighted by atomic mass is 10.1. The van der Waals surface area contributed by atoms with E-state index in [2.05, 4.69) is 16.5 Å². The van der Waals surface area contributed by atoms with Gasteiger partial charge < -0.3 is 4.98 Å². The summed E-state index contributed by atoms with van der Waals surface area (Å²) in [6.07, 6.45) is 2.44. The van der Waals surface area contributed by atoms with Gasteiger partial charge in [-0.3, -0.25) is 4.79 Å². The van der Waals surface area contributed by atoms with Crippen LogP contribution in [0.3, 0.4) is 0 Å². The van der Waals surface area contributed by atoms with E-state index >= 15 is 0 Å². The van der Waals surface area contributed by atoms with E-state index in [1.54, 1.807) is 18.2 Å². The Morgan fingerprint density at radius 2 is 2.38 bits per heavy atom. The number of imidazole rings is 1. The van der Waals surface area contributed by atoms with Crippen molar-refractivity contribution in [2.24, 2.45) is 0 Å². The Balaban J connectivity index is 2.60. The molecule has 0 unspecified atom stereocenters. The molecule has 1 aromatic heterocycles. The van der Waals surface area contributed by atoms with Crippen LogP contribution >= 0.6 is 11.6 Å². The fraction of sp³-hybridized carbons (Fsp3) is 0.167. The van der Waals surface area contributed by atoms with E-state index < -0.39 is 0 Å². The fourth-order valence-corrected chi connectivity index (χ4v) is 1.88. The smallest absolute Gasteiger partial charge is 0.161 e. The zero-order chi connectivity index (χ0) is 11.7. The first-order valence-corrected chi connectivity index (χ1v) is 5.29. The average molecular weight is 235 g/mol. The molecule has 0 radical (unpaired) electrons. The minimum Gasteiger partial charge on any atom is -0.342 e. The molecule has 0 spiro atoms. The topological polar surface area (TPSA) is 45.8 Å². The Kier molecular flexibility index (Phi) is 2.79. The molecule has 1 aromatic carbocycles. The van der Waals surface area contributed by atoms with Gasteiger partial charge in [0, 0.05) is 12.0 Å². The van der Waals surface area contributed by atoms with Crippen LogP contribution in [0.25, 0.3) is 11.0 Å². The number of rotatable bonds is 3. The number of fused-ring (bicyclic) bond motifs is 1. The predicted molar refractivity (Wildman–Crippen MR) is 65.0 cm³/mol. The maximum Gasteiger partial charge on any atom is 0.161 e. The molecule has 0 saturated carbocycles. The van der Waals surface area contributed by atoms with Crippen LogP contribution in [0.5, 0.6) is 0 Å². The van der Waals surface area contributed by atoms with Crippen LogP contribution in [0.1, 0.15) is 23.1 Å². The highest BCUT2D eigenvalue weighted by Crippen LogP contribution is 2.23. The molecule has 0 aliphatic rings. The van der Waals surface area contributed by atoms with Gasteiger partial charge in [0.05, 0.1) is 16.1 Å². The van der Waals surface area contributed by atoms with Gasteiger partial charge >= 0.3 is 0 Å². The van der Waals surface area contributed by atoms with E-state index in [1.807, 2.05) is 0 Å². The van der Waals surface area contributed by atoms with Crippen LogP contribution in [0.2, 0.25) is 5.02 Å². The number of nitrogens with zero attached hydrogens (tertiary/aromatic N) is 1. The molecule has 82 valence electrons. The van der Waals surface area contributed by atoms with E-state index in [0.29, 0.717) is 17.0 Å². The van der Waals surface area contributed by atoms with E-state index in [-0.39, 0.29) is 5.78 Å². The van der Waals surface area contributed by atoms with Gasteiger partial charge in [0.25, 0.3) is 0 Å². The largest absolute Gasteiger partial charge is 0.342 e. The number of benzene rings is 1. The first kappa shape index (κ1) is 10.9. The van der Waals surface area contributed by atoms with Crippen molar-refractivity contribution in [1.29, 1.82) is 0 Å². The number of halogens is 1. The molecule has 1 N–H and O–H groups in total. The molecule has 2 rings (SSSR count). The summed E-state index contributed by atoms with van der Waals surface area (Å²) in [4.78, 5) is 18.8. The highest BCUT2D eigenvalue weighted by atomic mass is 35.5. The molecule has 0 aliphatic heterocycles. The number of allylic oxidation sites excluding steroid dienone is 1. The van der Waals surface area contributed by atoms with Crippen molar-refractivity contribution < 1.29 is 4.79 Å². The SMILES string of the molecule is C=CCc1nc2cc(Cl)c(C(C)=O)cc2[nH]1. The number of hydrogen-bond donors (Lipinski definition) is 1. The van der Waals surface area contributed by atoms with Crippen LogP contribution in [0.4, 0.5) is 0 Å². The van der Waals surface area contributed by atoms with Gasteiger partial charge in [0.2, 0.25) is 0 Å². The maximum absolute atomic E-state index is 11.3. The summed E-state index contributed by atoms with van der Waals surface area (Å²) in [7, 11) is 0. The summed E-state index contributed by atoms with van der Waals surface area (Å²) in [5.74, 6) is 0.772. The molecule has 0 aliphatic carbocycles. The van der Waals surface area contributed by atoms with E-state index in [9.17, 15) is 4.79 Å². The van der Waals surface area contributed by atoms with Crippen LogP contribution in [-0.4, -0.2) is 15.8 Å². The number of aromatic nitrogens is 2. The molecule has 4 heteroatoms. The standard InChI is InChI=1S/C12H11ClN2O/c1-3-4-12-14-10-5-8(7(2)16)9(13)6-11(10)15-12/h3,5-6H,1,4H2,2H3,(H,14,15). The molecular weight excluding hydrogens is 224 g/mol. The van der Waals surface area contributed by atoms with Gasteiger partial charge in [-0.25, -0.2) is 4.98 Å². The fourth-order valence-electron chi connectivity index (χ4n) is 1.59. The molecular formula is C12H11ClN2O. The van der Waals surface area contributed by atoms with Crippen LogP contribution < -0.4 is 0 Å². The van der Waals surface area contributed by atoms with Crippen molar-refractivity contribution in [3.05, 3.63) is 41.2 Å². The molecule has 0 amide bonds. The number of carbonyl (C=O) groups is 1. The van der Waals surface area contributed by atoms with Gasteiger partial charge in [-0.05, 0) is 19.1 Å². The highest BCUT2D eigenvalue weighted by Gasteiger charge is 2.10. The van der Waals surface area contributed by atoms with Crippen molar-refractivity contribution in [2.75, 3.05) is 0 Å². The van der Waals surface area contributed by atoms with Crippen molar-refractivity contribution in [1.82, 2.24) is 9.97 Å². The number of hydrogen-bond acceptors (Lipinski definition) is 2. The van der Waals surface area contributed by atoms with Crippen molar-refractivity contribution in [2.45, 2.75) is 13.3 Å². The second-order valence-corrected chi connectivity index (χ2v) is 3.99. The lowest BCUT2D eigenvalue weighted by Gasteiger charge is -1.98. The Morgan fingerprint density at radius 3 is 3.00 bits per heavy atom. The van der Waals surface area contributed by atoms with Gasteiger partial charge in [0.15, 0.2) is 5.78 Å². The molecule has 1 heterocycles. The highest BCUT2D eigenvalue weighted by molar-refractivity contribution is 6.34. The first-order chi connectivity index (χ1) is 7.61. The monoisotopic (exact) mass is 234 g/mol. The first-order valence-electron chi connectivity index (χ1n) is 4.92. The summed E-state index contributed by atoms with van der Waals surface area (Å²) in [5, 5.41) is 0.441. The number of aromatic amines is 1. The molecule has 0 atom stereocenters. The van der Waals surface area contributed by atoms with Gasteiger partial charge in [-0.1, -0.05) is 17.7 Å². The van der Waals surface area contributed by atoms with Crippen molar-refractivity contribution in [3.63, 3.8) is 0 Å². The lowest BCUT2D eigenvalue weighted by Crippen LogP contribution is -1.92. The third-order valence-corrected chi connectivity index (χ3v) is 2.65. The Labute approximate surface area is 98.1 Å². The third kappa shape index (κ3) is 1.86. The van der Waals surface area contributed by atoms with Crippen LogP contribution in [-0.2, 0) is 6.42 Å². The Bertz CT molecular complexity index is 572. The Hall–Kier alpha value is -1.61. The molecule has 3 nitrogen and oxygen atoms in total. The summed E-state index contributed by atoms with van der Waals surface area (Å²) in [5.41, 5.74) is 2.11. The average Bonchev–Trinajstić information content (AvgIpc) is 2.58. The molecule has 0 saturated heterocycles. The Morgan fingerprint density at radius 1 is 1.62 bits per heavy atom. The second-order valence-electron chi connectivity index (χ2n) is 3.58. The van der Waals surface area contributed by atoms with Crippen molar-refractivity contribution >= 4 is 28.4 Å². The van der Waals surface area contributed by atoms with Crippen molar-refractivity contribution in [3.8, 4) is 0 Å². The zero-order valence-corrected chi connectivity index (χ0v) is 9.64. The quantitative estimate of drug-likeness (QED) is 0.655. The van der Waals surface area contributed by atoms with Gasteiger partial charge in [0.1, 0.15) is 5.82 Å². The van der Waals surface area contributed by atoms with Gasteiger partial charge in [-0.15, -0.1) is 6.58 Å². The third-order valence-electron chi connectivity index (χ3n) is 2.34.